The minimum atomic E-state index is 0.880. The Bertz CT molecular complexity index is 324. The van der Waals surface area contributed by atoms with Gasteiger partial charge in [0.2, 0.25) is 0 Å². The van der Waals surface area contributed by atoms with Crippen LogP contribution in [-0.2, 0) is 6.54 Å². The monoisotopic (exact) mass is 233 g/mol. The van der Waals surface area contributed by atoms with Gasteiger partial charge in [-0.15, -0.1) is 24.1 Å². The van der Waals surface area contributed by atoms with Crippen LogP contribution < -0.4 is 5.32 Å². The zero-order valence-corrected chi connectivity index (χ0v) is 10.6. The molecular weight excluding hydrogens is 214 g/mol. The molecule has 0 radical (unpaired) electrons. The highest BCUT2D eigenvalue weighted by Gasteiger charge is 1.95. The van der Waals surface area contributed by atoms with Crippen molar-refractivity contribution in [3.63, 3.8) is 0 Å². The van der Waals surface area contributed by atoms with Gasteiger partial charge in [0.15, 0.2) is 0 Å². The molecule has 0 aromatic heterocycles. The first-order valence-electron chi connectivity index (χ1n) is 5.72. The number of hydrogen-bond donors (Lipinski definition) is 1. The average molecular weight is 233 g/mol. The molecule has 0 saturated heterocycles. The summed E-state index contributed by atoms with van der Waals surface area (Å²) in [5.41, 5.74) is 1.34. The van der Waals surface area contributed by atoms with Crippen LogP contribution in [0.15, 0.2) is 29.2 Å². The molecule has 0 atom stereocenters. The third kappa shape index (κ3) is 5.25. The molecule has 86 valence electrons. The van der Waals surface area contributed by atoms with Gasteiger partial charge in [-0.1, -0.05) is 19.1 Å². The van der Waals surface area contributed by atoms with Crippen LogP contribution >= 0.6 is 11.8 Å². The van der Waals surface area contributed by atoms with Crippen molar-refractivity contribution >= 4 is 11.8 Å². The van der Waals surface area contributed by atoms with Gasteiger partial charge in [-0.2, -0.15) is 0 Å². The number of nitrogens with one attached hydrogen (secondary N) is 1. The van der Waals surface area contributed by atoms with E-state index in [4.69, 9.17) is 6.42 Å². The van der Waals surface area contributed by atoms with E-state index in [9.17, 15) is 0 Å². The highest BCUT2D eigenvalue weighted by atomic mass is 32.2. The summed E-state index contributed by atoms with van der Waals surface area (Å²) in [6.07, 6.45) is 7.19. The number of thioether (sulfide) groups is 1. The molecule has 0 heterocycles. The topological polar surface area (TPSA) is 12.0 Å². The zero-order valence-electron chi connectivity index (χ0n) is 9.83. The maximum absolute atomic E-state index is 5.21. The van der Waals surface area contributed by atoms with Gasteiger partial charge in [0.1, 0.15) is 0 Å². The Morgan fingerprint density at radius 3 is 2.69 bits per heavy atom. The summed E-state index contributed by atoms with van der Waals surface area (Å²) >= 11 is 1.88. The number of rotatable bonds is 7. The molecule has 0 amide bonds. The van der Waals surface area contributed by atoms with Crippen molar-refractivity contribution in [3.8, 4) is 12.3 Å². The second kappa shape index (κ2) is 8.27. The quantitative estimate of drug-likeness (QED) is 0.440. The molecule has 16 heavy (non-hydrogen) atoms. The predicted octanol–water partition coefficient (Wildman–Crippen LogP) is 3.30. The summed E-state index contributed by atoms with van der Waals surface area (Å²) in [5, 5.41) is 3.31. The first-order valence-corrected chi connectivity index (χ1v) is 6.71. The lowest BCUT2D eigenvalue weighted by Crippen LogP contribution is -2.11. The van der Waals surface area contributed by atoms with Crippen molar-refractivity contribution in [1.82, 2.24) is 5.32 Å². The van der Waals surface area contributed by atoms with Crippen LogP contribution in [0.4, 0.5) is 0 Å². The molecule has 1 rings (SSSR count). The van der Waals surface area contributed by atoms with Gasteiger partial charge in [-0.3, -0.25) is 0 Å². The van der Waals surface area contributed by atoms with Gasteiger partial charge in [-0.25, -0.2) is 0 Å². The van der Waals surface area contributed by atoms with Crippen molar-refractivity contribution in [2.24, 2.45) is 0 Å². The molecule has 0 bridgehead atoms. The van der Waals surface area contributed by atoms with E-state index in [1.165, 1.54) is 10.5 Å². The van der Waals surface area contributed by atoms with Gasteiger partial charge in [0.05, 0.1) is 0 Å². The molecule has 2 heteroatoms. The SMILES string of the molecule is C#CCCCSc1ccc(CNCC)cc1. The van der Waals surface area contributed by atoms with Gasteiger partial charge in [0.25, 0.3) is 0 Å². The summed E-state index contributed by atoms with van der Waals surface area (Å²) in [6, 6.07) is 8.75. The molecule has 0 aliphatic rings. The van der Waals surface area contributed by atoms with Crippen molar-refractivity contribution in [2.45, 2.75) is 31.2 Å². The maximum atomic E-state index is 5.21. The van der Waals surface area contributed by atoms with E-state index in [-0.39, 0.29) is 0 Å². The van der Waals surface area contributed by atoms with Crippen LogP contribution in [0.5, 0.6) is 0 Å². The van der Waals surface area contributed by atoms with Crippen LogP contribution in [0.2, 0.25) is 0 Å². The van der Waals surface area contributed by atoms with E-state index in [1.54, 1.807) is 0 Å². The zero-order chi connectivity index (χ0) is 11.6. The van der Waals surface area contributed by atoms with Crippen LogP contribution in [-0.4, -0.2) is 12.3 Å². The van der Waals surface area contributed by atoms with Crippen LogP contribution in [0.1, 0.15) is 25.3 Å². The Morgan fingerprint density at radius 1 is 1.31 bits per heavy atom. The Morgan fingerprint density at radius 2 is 2.06 bits per heavy atom. The van der Waals surface area contributed by atoms with Gasteiger partial charge < -0.3 is 5.32 Å². The number of benzene rings is 1. The third-order valence-electron chi connectivity index (χ3n) is 2.24. The second-order valence-corrected chi connectivity index (χ2v) is 4.75. The van der Waals surface area contributed by atoms with Gasteiger partial charge in [-0.05, 0) is 36.4 Å². The number of terminal acetylenes is 1. The lowest BCUT2D eigenvalue weighted by atomic mass is 10.2. The fraction of sp³-hybridized carbons (Fsp3) is 0.429. The molecule has 0 aliphatic carbocycles. The van der Waals surface area contributed by atoms with E-state index in [1.807, 2.05) is 11.8 Å². The van der Waals surface area contributed by atoms with Crippen molar-refractivity contribution in [2.75, 3.05) is 12.3 Å². The number of unbranched alkanes of at least 4 members (excludes halogenated alkanes) is 1. The van der Waals surface area contributed by atoms with E-state index < -0.39 is 0 Å². The van der Waals surface area contributed by atoms with Crippen molar-refractivity contribution in [1.29, 1.82) is 0 Å². The molecule has 0 unspecified atom stereocenters. The molecule has 0 aliphatic heterocycles. The fourth-order valence-electron chi connectivity index (χ4n) is 1.34. The smallest absolute Gasteiger partial charge is 0.0205 e. The lowest BCUT2D eigenvalue weighted by molar-refractivity contribution is 0.726. The van der Waals surface area contributed by atoms with Crippen LogP contribution in [0, 0.1) is 12.3 Å². The van der Waals surface area contributed by atoms with Gasteiger partial charge in [0, 0.05) is 17.9 Å². The average Bonchev–Trinajstić information content (AvgIpc) is 2.33. The first-order chi connectivity index (χ1) is 7.86. The Labute approximate surface area is 103 Å². The van der Waals surface area contributed by atoms with Crippen LogP contribution in [0.25, 0.3) is 0 Å². The predicted molar refractivity (Wildman–Crippen MR) is 72.6 cm³/mol. The van der Waals surface area contributed by atoms with E-state index in [0.29, 0.717) is 0 Å². The highest BCUT2D eigenvalue weighted by molar-refractivity contribution is 7.99. The largest absolute Gasteiger partial charge is 0.313 e. The molecule has 1 aromatic rings. The van der Waals surface area contributed by atoms with E-state index >= 15 is 0 Å². The standard InChI is InChI=1S/C14H19NS/c1-3-5-6-11-16-14-9-7-13(8-10-14)12-15-4-2/h1,7-10,15H,4-6,11-12H2,2H3. The van der Waals surface area contributed by atoms with Crippen LogP contribution in [0.3, 0.4) is 0 Å². The molecule has 1 aromatic carbocycles. The molecule has 1 N–H and O–H groups in total. The highest BCUT2D eigenvalue weighted by Crippen LogP contribution is 2.19. The first kappa shape index (κ1) is 13.2. The lowest BCUT2D eigenvalue weighted by Gasteiger charge is -2.04. The maximum Gasteiger partial charge on any atom is 0.0205 e. The van der Waals surface area contributed by atoms with Crippen molar-refractivity contribution < 1.29 is 0 Å². The Kier molecular flexibility index (Phi) is 6.80. The summed E-state index contributed by atoms with van der Waals surface area (Å²) in [5.74, 6) is 3.77. The minimum Gasteiger partial charge on any atom is -0.313 e. The summed E-state index contributed by atoms with van der Waals surface area (Å²) < 4.78 is 0. The molecule has 0 spiro atoms. The number of hydrogen-bond acceptors (Lipinski definition) is 2. The molecule has 0 fully saturated rings. The summed E-state index contributed by atoms with van der Waals surface area (Å²) in [4.78, 5) is 1.33. The minimum absolute atomic E-state index is 0.880. The third-order valence-corrected chi connectivity index (χ3v) is 3.33. The Balaban J connectivity index is 2.31. The summed E-state index contributed by atoms with van der Waals surface area (Å²) in [7, 11) is 0. The van der Waals surface area contributed by atoms with E-state index in [0.717, 1.165) is 31.7 Å². The molecular formula is C14H19NS. The summed E-state index contributed by atoms with van der Waals surface area (Å²) in [6.45, 7) is 4.09. The van der Waals surface area contributed by atoms with Crippen molar-refractivity contribution in [3.05, 3.63) is 29.8 Å². The Hall–Kier alpha value is -0.910. The molecule has 1 nitrogen and oxygen atoms in total. The van der Waals surface area contributed by atoms with E-state index in [2.05, 4.69) is 42.4 Å². The normalized spacial score (nSPS) is 10.0. The fourth-order valence-corrected chi connectivity index (χ4v) is 2.19. The molecule has 0 saturated carbocycles. The second-order valence-electron chi connectivity index (χ2n) is 3.58. The van der Waals surface area contributed by atoms with Gasteiger partial charge >= 0.3 is 0 Å².